The van der Waals surface area contributed by atoms with E-state index in [1.165, 1.54) is 11.1 Å². The highest BCUT2D eigenvalue weighted by molar-refractivity contribution is 9.10. The van der Waals surface area contributed by atoms with Crippen molar-refractivity contribution in [2.45, 2.75) is 26.4 Å². The predicted octanol–water partition coefficient (Wildman–Crippen LogP) is 3.10. The van der Waals surface area contributed by atoms with Gasteiger partial charge in [0.2, 0.25) is 0 Å². The second-order valence-corrected chi connectivity index (χ2v) is 4.71. The molecule has 0 aliphatic carbocycles. The standard InChI is InChI=1S/C12H15BrN2/c1-9-4-5-12(13)6-11(9)8-15(3)10(2)7-14/h4-6,10H,8H2,1-3H3. The number of halogens is 1. The zero-order chi connectivity index (χ0) is 11.4. The van der Waals surface area contributed by atoms with Gasteiger partial charge in [0, 0.05) is 11.0 Å². The zero-order valence-electron chi connectivity index (χ0n) is 9.29. The van der Waals surface area contributed by atoms with Crippen molar-refractivity contribution in [3.63, 3.8) is 0 Å². The summed E-state index contributed by atoms with van der Waals surface area (Å²) in [6.45, 7) is 4.81. The topological polar surface area (TPSA) is 27.0 Å². The SMILES string of the molecule is Cc1ccc(Br)cc1CN(C)C(C)C#N. The molecule has 0 aromatic heterocycles. The molecule has 0 radical (unpaired) electrons. The van der Waals surface area contributed by atoms with E-state index in [9.17, 15) is 0 Å². The molecule has 2 nitrogen and oxygen atoms in total. The van der Waals surface area contributed by atoms with Crippen LogP contribution in [0.15, 0.2) is 22.7 Å². The van der Waals surface area contributed by atoms with Gasteiger partial charge in [-0.15, -0.1) is 0 Å². The van der Waals surface area contributed by atoms with E-state index in [1.54, 1.807) is 0 Å². The molecule has 1 aromatic rings. The van der Waals surface area contributed by atoms with Gasteiger partial charge >= 0.3 is 0 Å². The maximum Gasteiger partial charge on any atom is 0.0949 e. The second kappa shape index (κ2) is 5.29. The first-order chi connectivity index (χ1) is 7.04. The van der Waals surface area contributed by atoms with Crippen LogP contribution in [-0.2, 0) is 6.54 Å². The van der Waals surface area contributed by atoms with Gasteiger partial charge in [0.25, 0.3) is 0 Å². The van der Waals surface area contributed by atoms with E-state index in [0.29, 0.717) is 0 Å². The number of rotatable bonds is 3. The maximum atomic E-state index is 8.81. The third kappa shape index (κ3) is 3.33. The highest BCUT2D eigenvalue weighted by Crippen LogP contribution is 2.17. The normalized spacial score (nSPS) is 12.5. The molecule has 0 aliphatic rings. The van der Waals surface area contributed by atoms with Gasteiger partial charge in [-0.3, -0.25) is 4.90 Å². The molecular formula is C12H15BrN2. The molecule has 0 heterocycles. The summed E-state index contributed by atoms with van der Waals surface area (Å²) in [5.41, 5.74) is 2.52. The number of nitrogens with zero attached hydrogens (tertiary/aromatic N) is 2. The van der Waals surface area contributed by atoms with E-state index in [1.807, 2.05) is 24.9 Å². The fraction of sp³-hybridized carbons (Fsp3) is 0.417. The number of hydrogen-bond donors (Lipinski definition) is 0. The summed E-state index contributed by atoms with van der Waals surface area (Å²) < 4.78 is 1.08. The zero-order valence-corrected chi connectivity index (χ0v) is 10.9. The molecule has 1 rings (SSSR count). The Kier molecular flexibility index (Phi) is 4.31. The number of aryl methyl sites for hydroxylation is 1. The molecule has 15 heavy (non-hydrogen) atoms. The average Bonchev–Trinajstić information content (AvgIpc) is 2.22. The molecular weight excluding hydrogens is 252 g/mol. The maximum absolute atomic E-state index is 8.81. The van der Waals surface area contributed by atoms with Crippen molar-refractivity contribution in [3.8, 4) is 6.07 Å². The Morgan fingerprint density at radius 1 is 1.53 bits per heavy atom. The van der Waals surface area contributed by atoms with Gasteiger partial charge in [-0.2, -0.15) is 5.26 Å². The van der Waals surface area contributed by atoms with Gasteiger partial charge in [-0.05, 0) is 44.2 Å². The van der Waals surface area contributed by atoms with Crippen LogP contribution in [0.4, 0.5) is 0 Å². The highest BCUT2D eigenvalue weighted by Gasteiger charge is 2.09. The third-order valence-corrected chi connectivity index (χ3v) is 3.07. The minimum absolute atomic E-state index is 0.0524. The molecule has 1 unspecified atom stereocenters. The van der Waals surface area contributed by atoms with Crippen molar-refractivity contribution in [2.75, 3.05) is 7.05 Å². The van der Waals surface area contributed by atoms with Crippen LogP contribution in [0.1, 0.15) is 18.1 Å². The highest BCUT2D eigenvalue weighted by atomic mass is 79.9. The molecule has 0 saturated heterocycles. The largest absolute Gasteiger partial charge is 0.287 e. The number of hydrogen-bond acceptors (Lipinski definition) is 2. The molecule has 3 heteroatoms. The van der Waals surface area contributed by atoms with Crippen molar-refractivity contribution in [1.29, 1.82) is 5.26 Å². The lowest BCUT2D eigenvalue weighted by atomic mass is 10.1. The molecule has 80 valence electrons. The van der Waals surface area contributed by atoms with Crippen LogP contribution in [0, 0.1) is 18.3 Å². The van der Waals surface area contributed by atoms with Gasteiger partial charge in [0.1, 0.15) is 0 Å². The average molecular weight is 267 g/mol. The molecule has 0 N–H and O–H groups in total. The first kappa shape index (κ1) is 12.2. The van der Waals surface area contributed by atoms with Crippen molar-refractivity contribution < 1.29 is 0 Å². The molecule has 1 aromatic carbocycles. The van der Waals surface area contributed by atoms with Gasteiger partial charge in [0.15, 0.2) is 0 Å². The molecule has 0 bridgehead atoms. The van der Waals surface area contributed by atoms with E-state index >= 15 is 0 Å². The van der Waals surface area contributed by atoms with Crippen molar-refractivity contribution in [3.05, 3.63) is 33.8 Å². The van der Waals surface area contributed by atoms with Crippen LogP contribution in [0.25, 0.3) is 0 Å². The Morgan fingerprint density at radius 3 is 2.80 bits per heavy atom. The van der Waals surface area contributed by atoms with Gasteiger partial charge in [-0.25, -0.2) is 0 Å². The quantitative estimate of drug-likeness (QED) is 0.841. The summed E-state index contributed by atoms with van der Waals surface area (Å²) in [5.74, 6) is 0. The van der Waals surface area contributed by atoms with E-state index in [2.05, 4.69) is 41.1 Å². The predicted molar refractivity (Wildman–Crippen MR) is 65.4 cm³/mol. The van der Waals surface area contributed by atoms with Crippen LogP contribution in [0.3, 0.4) is 0 Å². The molecule has 0 saturated carbocycles. The Hall–Kier alpha value is -0.850. The lowest BCUT2D eigenvalue weighted by molar-refractivity contribution is 0.294. The van der Waals surface area contributed by atoms with Crippen LogP contribution in [0.2, 0.25) is 0 Å². The Labute approximate surface area is 99.6 Å². The smallest absolute Gasteiger partial charge is 0.0949 e. The lowest BCUT2D eigenvalue weighted by Gasteiger charge is -2.20. The Bertz CT molecular complexity index is 382. The van der Waals surface area contributed by atoms with Crippen LogP contribution >= 0.6 is 15.9 Å². The summed E-state index contributed by atoms with van der Waals surface area (Å²) in [4.78, 5) is 2.04. The lowest BCUT2D eigenvalue weighted by Crippen LogP contribution is -2.27. The van der Waals surface area contributed by atoms with E-state index in [4.69, 9.17) is 5.26 Å². The van der Waals surface area contributed by atoms with Crippen LogP contribution < -0.4 is 0 Å². The fourth-order valence-electron chi connectivity index (χ4n) is 1.31. The molecule has 0 fully saturated rings. The van der Waals surface area contributed by atoms with Crippen molar-refractivity contribution in [1.82, 2.24) is 4.90 Å². The number of benzene rings is 1. The third-order valence-electron chi connectivity index (χ3n) is 2.58. The molecule has 0 spiro atoms. The van der Waals surface area contributed by atoms with Crippen molar-refractivity contribution >= 4 is 15.9 Å². The summed E-state index contributed by atoms with van der Waals surface area (Å²) in [6, 6.07) is 8.41. The minimum atomic E-state index is -0.0524. The van der Waals surface area contributed by atoms with E-state index in [-0.39, 0.29) is 6.04 Å². The van der Waals surface area contributed by atoms with Gasteiger partial charge < -0.3 is 0 Å². The fourth-order valence-corrected chi connectivity index (χ4v) is 1.72. The van der Waals surface area contributed by atoms with Crippen LogP contribution in [0.5, 0.6) is 0 Å². The minimum Gasteiger partial charge on any atom is -0.287 e. The van der Waals surface area contributed by atoms with E-state index < -0.39 is 0 Å². The second-order valence-electron chi connectivity index (χ2n) is 3.79. The summed E-state index contributed by atoms with van der Waals surface area (Å²) in [6.07, 6.45) is 0. The van der Waals surface area contributed by atoms with Crippen LogP contribution in [-0.4, -0.2) is 18.0 Å². The van der Waals surface area contributed by atoms with Crippen molar-refractivity contribution in [2.24, 2.45) is 0 Å². The molecule has 0 amide bonds. The monoisotopic (exact) mass is 266 g/mol. The molecule has 0 aliphatic heterocycles. The van der Waals surface area contributed by atoms with Gasteiger partial charge in [-0.1, -0.05) is 22.0 Å². The van der Waals surface area contributed by atoms with Gasteiger partial charge in [0.05, 0.1) is 12.1 Å². The molecule has 1 atom stereocenters. The summed E-state index contributed by atoms with van der Waals surface area (Å²) >= 11 is 3.46. The Balaban J connectivity index is 2.81. The first-order valence-electron chi connectivity index (χ1n) is 4.89. The van der Waals surface area contributed by atoms with E-state index in [0.717, 1.165) is 11.0 Å². The Morgan fingerprint density at radius 2 is 2.20 bits per heavy atom. The first-order valence-corrected chi connectivity index (χ1v) is 5.68. The summed E-state index contributed by atoms with van der Waals surface area (Å²) in [5, 5.41) is 8.81. The summed E-state index contributed by atoms with van der Waals surface area (Å²) in [7, 11) is 1.97. The number of nitriles is 1.